The van der Waals surface area contributed by atoms with E-state index in [9.17, 15) is 10.2 Å². The summed E-state index contributed by atoms with van der Waals surface area (Å²) in [5.74, 6) is 0.895. The molecule has 0 saturated heterocycles. The number of thioether (sulfide) groups is 2. The van der Waals surface area contributed by atoms with E-state index < -0.39 is 12.1 Å². The van der Waals surface area contributed by atoms with Crippen molar-refractivity contribution in [3.05, 3.63) is 95.1 Å². The average molecular weight is 521 g/mol. The van der Waals surface area contributed by atoms with Crippen LogP contribution in [0.15, 0.2) is 92.6 Å². The highest BCUT2D eigenvalue weighted by atomic mass is 32.2. The fraction of sp³-hybridized carbons (Fsp3) is 0.286. The number of hydrogen-bond donors (Lipinski definition) is 2. The first-order valence-electron chi connectivity index (χ1n) is 11.7. The minimum atomic E-state index is -0.410. The van der Waals surface area contributed by atoms with Crippen molar-refractivity contribution in [1.29, 1.82) is 0 Å². The third-order valence-electron chi connectivity index (χ3n) is 6.39. The van der Waals surface area contributed by atoms with Gasteiger partial charge in [0.1, 0.15) is 12.1 Å². The van der Waals surface area contributed by atoms with Crippen LogP contribution in [0.1, 0.15) is 34.5 Å². The number of ether oxygens (including phenoxy) is 2. The van der Waals surface area contributed by atoms with Gasteiger partial charge >= 0.3 is 0 Å². The van der Waals surface area contributed by atoms with Gasteiger partial charge < -0.3 is 19.7 Å². The van der Waals surface area contributed by atoms with Gasteiger partial charge in [0.2, 0.25) is 11.8 Å². The smallest absolute Gasteiger partial charge is 0.218 e. The van der Waals surface area contributed by atoms with Crippen LogP contribution in [-0.4, -0.2) is 59.8 Å². The van der Waals surface area contributed by atoms with Gasteiger partial charge in [-0.15, -0.1) is 23.5 Å². The maximum Gasteiger partial charge on any atom is 0.218 e. The summed E-state index contributed by atoms with van der Waals surface area (Å²) in [7, 11) is 0. The lowest BCUT2D eigenvalue weighted by Crippen LogP contribution is -2.18. The Morgan fingerprint density at radius 1 is 0.639 bits per heavy atom. The molecule has 0 amide bonds. The van der Waals surface area contributed by atoms with Crippen LogP contribution in [0.4, 0.5) is 0 Å². The predicted octanol–water partition coefficient (Wildman–Crippen LogP) is 4.89. The fourth-order valence-corrected chi connectivity index (χ4v) is 5.27. The molecule has 2 aliphatic rings. The van der Waals surface area contributed by atoms with Gasteiger partial charge in [0, 0.05) is 20.9 Å². The van der Waals surface area contributed by atoms with Crippen molar-refractivity contribution in [3.8, 4) is 0 Å². The first-order chi connectivity index (χ1) is 17.6. The molecule has 3 aromatic rings. The van der Waals surface area contributed by atoms with Crippen LogP contribution in [0, 0.1) is 0 Å². The quantitative estimate of drug-likeness (QED) is 0.412. The van der Waals surface area contributed by atoms with E-state index in [0.717, 1.165) is 32.0 Å². The SMILES string of the molecule is CSc1ccc([C@@H]2OC(c3ccccc3C3=N[C@@H](CO)[C@H](c4ccc(SC)cc4)O3)=N[C@H]2CO)cc1. The molecule has 0 aromatic heterocycles. The number of hydrogen-bond acceptors (Lipinski definition) is 8. The van der Waals surface area contributed by atoms with Gasteiger partial charge in [-0.3, -0.25) is 0 Å². The monoisotopic (exact) mass is 520 g/mol. The van der Waals surface area contributed by atoms with Gasteiger partial charge in [0.25, 0.3) is 0 Å². The Labute approximate surface area is 219 Å². The molecule has 2 aliphatic heterocycles. The molecule has 8 heteroatoms. The number of rotatable bonds is 8. The topological polar surface area (TPSA) is 83.6 Å². The Kier molecular flexibility index (Phi) is 7.67. The van der Waals surface area contributed by atoms with Gasteiger partial charge in [-0.2, -0.15) is 0 Å². The van der Waals surface area contributed by atoms with Crippen LogP contribution < -0.4 is 0 Å². The van der Waals surface area contributed by atoms with Crippen molar-refractivity contribution in [2.45, 2.75) is 34.1 Å². The van der Waals surface area contributed by atoms with Gasteiger partial charge in [-0.25, -0.2) is 9.98 Å². The highest BCUT2D eigenvalue weighted by Gasteiger charge is 2.37. The molecular weight excluding hydrogens is 492 g/mol. The summed E-state index contributed by atoms with van der Waals surface area (Å²) in [6.45, 7) is -0.252. The van der Waals surface area contributed by atoms with E-state index in [2.05, 4.69) is 0 Å². The van der Waals surface area contributed by atoms with Crippen LogP contribution in [-0.2, 0) is 9.47 Å². The third kappa shape index (κ3) is 4.91. The van der Waals surface area contributed by atoms with Crippen LogP contribution in [0.2, 0.25) is 0 Å². The first-order valence-corrected chi connectivity index (χ1v) is 14.2. The van der Waals surface area contributed by atoms with E-state index in [0.29, 0.717) is 11.8 Å². The highest BCUT2D eigenvalue weighted by Crippen LogP contribution is 2.36. The normalized spacial score (nSPS) is 23.1. The second-order valence-corrected chi connectivity index (χ2v) is 10.3. The number of nitrogens with zero attached hydrogens (tertiary/aromatic N) is 2. The van der Waals surface area contributed by atoms with Gasteiger partial charge in [0.15, 0.2) is 12.2 Å². The molecule has 2 heterocycles. The third-order valence-corrected chi connectivity index (χ3v) is 7.88. The lowest BCUT2D eigenvalue weighted by molar-refractivity contribution is 0.150. The van der Waals surface area contributed by atoms with Crippen molar-refractivity contribution in [2.24, 2.45) is 9.98 Å². The second kappa shape index (κ2) is 11.1. The molecule has 0 bridgehead atoms. The van der Waals surface area contributed by atoms with Crippen molar-refractivity contribution in [1.82, 2.24) is 0 Å². The molecule has 2 N–H and O–H groups in total. The average Bonchev–Trinajstić information content (AvgIpc) is 3.58. The summed E-state index contributed by atoms with van der Waals surface area (Å²) in [6, 6.07) is 23.1. The summed E-state index contributed by atoms with van der Waals surface area (Å²) in [5.41, 5.74) is 3.42. The lowest BCUT2D eigenvalue weighted by atomic mass is 10.0. The minimum Gasteiger partial charge on any atom is -0.467 e. The van der Waals surface area contributed by atoms with E-state index in [1.54, 1.807) is 23.5 Å². The number of benzene rings is 3. The first kappa shape index (κ1) is 24.9. The van der Waals surface area contributed by atoms with Crippen LogP contribution >= 0.6 is 23.5 Å². The van der Waals surface area contributed by atoms with E-state index in [1.807, 2.05) is 85.3 Å². The van der Waals surface area contributed by atoms with Crippen LogP contribution in [0.3, 0.4) is 0 Å². The largest absolute Gasteiger partial charge is 0.467 e. The molecule has 0 saturated carbocycles. The summed E-state index contributed by atoms with van der Waals surface area (Å²) in [5, 5.41) is 20.1. The van der Waals surface area contributed by atoms with Crippen LogP contribution in [0.25, 0.3) is 0 Å². The van der Waals surface area contributed by atoms with Crippen molar-refractivity contribution < 1.29 is 19.7 Å². The van der Waals surface area contributed by atoms with Crippen molar-refractivity contribution in [3.63, 3.8) is 0 Å². The molecule has 6 nitrogen and oxygen atoms in total. The lowest BCUT2D eigenvalue weighted by Gasteiger charge is -2.18. The van der Waals surface area contributed by atoms with Crippen molar-refractivity contribution >= 4 is 35.3 Å². The zero-order valence-electron chi connectivity index (χ0n) is 20.1. The Balaban J connectivity index is 1.42. The summed E-state index contributed by atoms with van der Waals surface area (Å²) >= 11 is 3.35. The van der Waals surface area contributed by atoms with Gasteiger partial charge in [0.05, 0.1) is 13.2 Å². The van der Waals surface area contributed by atoms with Crippen molar-refractivity contribution in [2.75, 3.05) is 25.7 Å². The second-order valence-electron chi connectivity index (χ2n) is 8.54. The molecule has 0 radical (unpaired) electrons. The molecule has 36 heavy (non-hydrogen) atoms. The Bertz CT molecular complexity index is 1160. The number of aliphatic imine (C=N–C) groups is 2. The van der Waals surface area contributed by atoms with E-state index in [4.69, 9.17) is 19.5 Å². The van der Waals surface area contributed by atoms with E-state index in [1.165, 1.54) is 0 Å². The molecular formula is C28H28N2O4S2. The molecule has 186 valence electrons. The number of aliphatic hydroxyl groups is 2. The molecule has 3 aromatic carbocycles. The van der Waals surface area contributed by atoms with Gasteiger partial charge in [-0.1, -0.05) is 36.4 Å². The molecule has 0 fully saturated rings. The molecule has 5 rings (SSSR count). The zero-order valence-corrected chi connectivity index (χ0v) is 21.7. The molecule has 0 aliphatic carbocycles. The highest BCUT2D eigenvalue weighted by molar-refractivity contribution is 7.98. The maximum absolute atomic E-state index is 10.0. The standard InChI is InChI=1S/C28H28N2O4S2/c1-35-19-11-7-17(8-12-19)25-23(15-31)29-27(33-25)21-5-3-4-6-22(21)28-30-24(16-32)26(34-28)18-9-13-20(36-2)14-10-18/h3-14,23-26,31-32H,15-16H2,1-2H3/t23-,24-,25-,26-/m0/s1. The van der Waals surface area contributed by atoms with Crippen LogP contribution in [0.5, 0.6) is 0 Å². The fourth-order valence-electron chi connectivity index (χ4n) is 4.46. The maximum atomic E-state index is 10.0. The summed E-state index contributed by atoms with van der Waals surface area (Å²) in [6.07, 6.45) is 3.31. The van der Waals surface area contributed by atoms with Gasteiger partial charge in [-0.05, 0) is 60.0 Å². The Morgan fingerprint density at radius 3 is 1.36 bits per heavy atom. The summed E-state index contributed by atoms with van der Waals surface area (Å²) in [4.78, 5) is 11.8. The minimum absolute atomic E-state index is 0.126. The van der Waals surface area contributed by atoms with E-state index >= 15 is 0 Å². The Morgan fingerprint density at radius 2 is 1.03 bits per heavy atom. The van der Waals surface area contributed by atoms with E-state index in [-0.39, 0.29) is 25.4 Å². The Hall–Kier alpha value is -2.78. The summed E-state index contributed by atoms with van der Waals surface area (Å²) < 4.78 is 12.6. The molecule has 0 unspecified atom stereocenters. The number of aliphatic hydroxyl groups excluding tert-OH is 2. The zero-order chi connectivity index (χ0) is 25.1. The molecule has 4 atom stereocenters. The molecule has 0 spiro atoms. The predicted molar refractivity (Wildman–Crippen MR) is 145 cm³/mol.